The van der Waals surface area contributed by atoms with E-state index in [1.54, 1.807) is 24.3 Å². The first-order valence-corrected chi connectivity index (χ1v) is 13.1. The van der Waals surface area contributed by atoms with Crippen molar-refractivity contribution in [2.45, 2.75) is 13.0 Å². The number of thiazole rings is 1. The number of thiophene rings is 1. The van der Waals surface area contributed by atoms with Crippen LogP contribution in [0.15, 0.2) is 75.7 Å². The SMILES string of the molecule is CCOc1ccc2nc(N3C(=O)C(O)=C(C(=O)c4cc5cc(Cl)ccc5o4)C3c3cccs3)sc2c1. The van der Waals surface area contributed by atoms with Crippen molar-refractivity contribution in [2.24, 2.45) is 0 Å². The second kappa shape index (κ2) is 8.77. The van der Waals surface area contributed by atoms with Gasteiger partial charge in [-0.15, -0.1) is 11.3 Å². The molecule has 180 valence electrons. The van der Waals surface area contributed by atoms with Gasteiger partial charge in [0, 0.05) is 15.3 Å². The van der Waals surface area contributed by atoms with Gasteiger partial charge >= 0.3 is 0 Å². The molecular weight excluding hydrogens is 520 g/mol. The van der Waals surface area contributed by atoms with Crippen molar-refractivity contribution in [3.05, 3.63) is 87.0 Å². The maximum atomic E-state index is 13.7. The van der Waals surface area contributed by atoms with Gasteiger partial charge in [-0.2, -0.15) is 0 Å². The number of hydrogen-bond acceptors (Lipinski definition) is 8. The maximum absolute atomic E-state index is 13.7. The highest BCUT2D eigenvalue weighted by atomic mass is 35.5. The summed E-state index contributed by atoms with van der Waals surface area (Å²) in [7, 11) is 0. The molecule has 0 bridgehead atoms. The molecule has 6 rings (SSSR count). The third-order valence-corrected chi connectivity index (χ3v) is 8.01. The number of aliphatic hydroxyl groups excluding tert-OH is 1. The first-order chi connectivity index (χ1) is 17.4. The fourth-order valence-electron chi connectivity index (χ4n) is 4.26. The predicted molar refractivity (Wildman–Crippen MR) is 141 cm³/mol. The van der Waals surface area contributed by atoms with E-state index in [9.17, 15) is 14.7 Å². The van der Waals surface area contributed by atoms with Gasteiger partial charge in [0.15, 0.2) is 16.7 Å². The molecule has 4 heterocycles. The van der Waals surface area contributed by atoms with Crippen LogP contribution in [0.5, 0.6) is 5.75 Å². The van der Waals surface area contributed by atoms with E-state index in [-0.39, 0.29) is 11.3 Å². The Morgan fingerprint density at radius 2 is 2.08 bits per heavy atom. The summed E-state index contributed by atoms with van der Waals surface area (Å²) in [6, 6.07) is 14.9. The number of fused-ring (bicyclic) bond motifs is 2. The molecule has 3 aromatic heterocycles. The molecule has 0 saturated heterocycles. The highest BCUT2D eigenvalue weighted by Gasteiger charge is 2.47. The Morgan fingerprint density at radius 1 is 1.22 bits per heavy atom. The summed E-state index contributed by atoms with van der Waals surface area (Å²) in [6.45, 7) is 2.43. The van der Waals surface area contributed by atoms with Crippen molar-refractivity contribution in [2.75, 3.05) is 11.5 Å². The van der Waals surface area contributed by atoms with E-state index in [4.69, 9.17) is 20.8 Å². The average molecular weight is 537 g/mol. The average Bonchev–Trinajstić information content (AvgIpc) is 3.64. The Labute approximate surface area is 217 Å². The number of Topliss-reactive ketones (excluding diaryl/α,β-unsaturated/α-hetero) is 1. The molecule has 5 aromatic rings. The van der Waals surface area contributed by atoms with Gasteiger partial charge in [-0.3, -0.25) is 14.5 Å². The second-order valence-electron chi connectivity index (χ2n) is 8.04. The highest BCUT2D eigenvalue weighted by molar-refractivity contribution is 7.22. The second-order valence-corrected chi connectivity index (χ2v) is 10.5. The minimum atomic E-state index is -0.853. The lowest BCUT2D eigenvalue weighted by Crippen LogP contribution is -2.30. The Morgan fingerprint density at radius 3 is 2.86 bits per heavy atom. The molecule has 0 spiro atoms. The van der Waals surface area contributed by atoms with E-state index < -0.39 is 23.5 Å². The lowest BCUT2D eigenvalue weighted by molar-refractivity contribution is -0.117. The van der Waals surface area contributed by atoms with Gasteiger partial charge in [0.05, 0.1) is 22.4 Å². The fourth-order valence-corrected chi connectivity index (χ4v) is 6.29. The molecule has 1 unspecified atom stereocenters. The summed E-state index contributed by atoms with van der Waals surface area (Å²) in [5.74, 6) is -1.18. The summed E-state index contributed by atoms with van der Waals surface area (Å²) in [5, 5.41) is 14.3. The van der Waals surface area contributed by atoms with E-state index in [0.717, 1.165) is 4.70 Å². The van der Waals surface area contributed by atoms with Crippen molar-refractivity contribution >= 4 is 72.3 Å². The quantitative estimate of drug-likeness (QED) is 0.236. The first-order valence-electron chi connectivity index (χ1n) is 11.0. The monoisotopic (exact) mass is 536 g/mol. The van der Waals surface area contributed by atoms with Crippen LogP contribution in [0.1, 0.15) is 28.4 Å². The van der Waals surface area contributed by atoms with E-state index in [1.807, 2.05) is 42.6 Å². The molecule has 1 N–H and O–H groups in total. The number of aromatic nitrogens is 1. The van der Waals surface area contributed by atoms with Gasteiger partial charge in [-0.25, -0.2) is 4.98 Å². The lowest BCUT2D eigenvalue weighted by Gasteiger charge is -2.22. The van der Waals surface area contributed by atoms with Crippen molar-refractivity contribution in [1.29, 1.82) is 0 Å². The van der Waals surface area contributed by atoms with Gasteiger partial charge < -0.3 is 14.3 Å². The minimum absolute atomic E-state index is 0.00989. The van der Waals surface area contributed by atoms with Crippen molar-refractivity contribution in [1.82, 2.24) is 4.98 Å². The third-order valence-electron chi connectivity index (χ3n) is 5.83. The fraction of sp³-hybridized carbons (Fsp3) is 0.115. The van der Waals surface area contributed by atoms with E-state index in [2.05, 4.69) is 4.98 Å². The van der Waals surface area contributed by atoms with Gasteiger partial charge in [0.25, 0.3) is 5.91 Å². The van der Waals surface area contributed by atoms with Gasteiger partial charge in [-0.05, 0) is 60.8 Å². The normalized spacial score (nSPS) is 16.0. The Hall–Kier alpha value is -3.66. The van der Waals surface area contributed by atoms with Gasteiger partial charge in [0.2, 0.25) is 5.78 Å². The maximum Gasteiger partial charge on any atom is 0.296 e. The standard InChI is InChI=1S/C26H17ClN2O5S2/c1-2-33-15-6-7-16-20(12-15)36-26(28-16)29-22(19-4-3-9-35-19)21(24(31)25(29)32)23(30)18-11-13-10-14(27)5-8-17(13)34-18/h3-12,22,31H,2H2,1H3. The molecule has 0 saturated carbocycles. The van der Waals surface area contributed by atoms with E-state index in [0.29, 0.717) is 43.9 Å². The molecule has 1 atom stereocenters. The number of hydrogen-bond donors (Lipinski definition) is 1. The lowest BCUT2D eigenvalue weighted by atomic mass is 10.0. The number of amides is 1. The van der Waals surface area contributed by atoms with Crippen LogP contribution in [-0.4, -0.2) is 28.4 Å². The third kappa shape index (κ3) is 3.67. The molecule has 2 aromatic carbocycles. The predicted octanol–water partition coefficient (Wildman–Crippen LogP) is 6.94. The Kier molecular flexibility index (Phi) is 5.55. The molecule has 36 heavy (non-hydrogen) atoms. The summed E-state index contributed by atoms with van der Waals surface area (Å²) in [6.07, 6.45) is 0. The number of nitrogens with zero attached hydrogens (tertiary/aromatic N) is 2. The summed E-state index contributed by atoms with van der Waals surface area (Å²) >= 11 is 8.74. The molecule has 1 aliphatic rings. The number of aliphatic hydroxyl groups is 1. The Bertz CT molecular complexity index is 1690. The van der Waals surface area contributed by atoms with Crippen molar-refractivity contribution in [3.63, 3.8) is 0 Å². The van der Waals surface area contributed by atoms with Crippen LogP contribution in [0.25, 0.3) is 21.2 Å². The number of carbonyl (C=O) groups is 2. The smallest absolute Gasteiger partial charge is 0.296 e. The van der Waals surface area contributed by atoms with Crippen LogP contribution < -0.4 is 9.64 Å². The van der Waals surface area contributed by atoms with Crippen molar-refractivity contribution in [3.8, 4) is 5.75 Å². The molecule has 0 aliphatic carbocycles. The number of halogens is 1. The molecule has 1 aliphatic heterocycles. The van der Waals surface area contributed by atoms with Crippen LogP contribution in [0.3, 0.4) is 0 Å². The van der Waals surface area contributed by atoms with Crippen LogP contribution in [0, 0.1) is 0 Å². The zero-order valence-corrected chi connectivity index (χ0v) is 21.1. The number of carbonyl (C=O) groups excluding carboxylic acids is 2. The van der Waals surface area contributed by atoms with Crippen LogP contribution >= 0.6 is 34.3 Å². The van der Waals surface area contributed by atoms with Gasteiger partial charge in [-0.1, -0.05) is 29.0 Å². The van der Waals surface area contributed by atoms with Crippen molar-refractivity contribution < 1.29 is 23.8 Å². The molecule has 1 amide bonds. The minimum Gasteiger partial charge on any atom is -0.503 e. The van der Waals surface area contributed by atoms with Crippen LogP contribution in [0.4, 0.5) is 5.13 Å². The Balaban J connectivity index is 1.45. The number of rotatable bonds is 6. The number of ether oxygens (including phenoxy) is 1. The highest BCUT2D eigenvalue weighted by Crippen LogP contribution is 2.46. The topological polar surface area (TPSA) is 92.9 Å². The van der Waals surface area contributed by atoms with Crippen LogP contribution in [0.2, 0.25) is 5.02 Å². The molecule has 0 fully saturated rings. The van der Waals surface area contributed by atoms with E-state index in [1.165, 1.54) is 27.6 Å². The summed E-state index contributed by atoms with van der Waals surface area (Å²) in [4.78, 5) is 33.8. The zero-order valence-electron chi connectivity index (χ0n) is 18.7. The molecule has 7 nitrogen and oxygen atoms in total. The van der Waals surface area contributed by atoms with Gasteiger partial charge in [0.1, 0.15) is 17.4 Å². The first kappa shape index (κ1) is 22.8. The van der Waals surface area contributed by atoms with E-state index >= 15 is 0 Å². The molecular formula is C26H17ClN2O5S2. The number of anilines is 1. The van der Waals surface area contributed by atoms with Crippen LogP contribution in [-0.2, 0) is 4.79 Å². The molecule has 10 heteroatoms. The molecule has 0 radical (unpaired) electrons. The summed E-state index contributed by atoms with van der Waals surface area (Å²) in [5.41, 5.74) is 1.11. The number of furan rings is 1. The largest absolute Gasteiger partial charge is 0.503 e. The number of benzene rings is 2. The zero-order chi connectivity index (χ0) is 25.0. The number of ketones is 1. The summed E-state index contributed by atoms with van der Waals surface area (Å²) < 4.78 is 12.2.